The van der Waals surface area contributed by atoms with Gasteiger partial charge in [0.05, 0.1) is 24.9 Å². The highest BCUT2D eigenvalue weighted by atomic mass is 19.1. The minimum Gasteiger partial charge on any atom is -0.497 e. The molecular formula is C23H23F2N3O3. The molecule has 0 radical (unpaired) electrons. The van der Waals surface area contributed by atoms with E-state index in [1.165, 1.54) is 6.07 Å². The molecule has 1 saturated heterocycles. The van der Waals surface area contributed by atoms with Crippen LogP contribution in [0.25, 0.3) is 11.5 Å². The number of hydrogen-bond donors (Lipinski definition) is 0. The Morgan fingerprint density at radius 1 is 1.13 bits per heavy atom. The summed E-state index contributed by atoms with van der Waals surface area (Å²) < 4.78 is 38.1. The summed E-state index contributed by atoms with van der Waals surface area (Å²) in [4.78, 5) is 20.9. The molecular weight excluding hydrogens is 404 g/mol. The van der Waals surface area contributed by atoms with E-state index < -0.39 is 11.6 Å². The maximum absolute atomic E-state index is 14.0. The number of ether oxygens (including phenoxy) is 1. The van der Waals surface area contributed by atoms with Gasteiger partial charge in [0, 0.05) is 32.2 Å². The molecule has 31 heavy (non-hydrogen) atoms. The average molecular weight is 427 g/mol. The standard InChI is InChI=1S/C23H23F2N3O3/c1-15-21(26-23(31-15)19-7-6-17(24)11-20(19)25)13-27-8-9-28(22(29)14-27)12-16-4-3-5-18(10-16)30-2/h3-7,10-11H,8-9,12-14H2,1-2H3. The summed E-state index contributed by atoms with van der Waals surface area (Å²) in [6.45, 7) is 4.22. The molecule has 162 valence electrons. The topological polar surface area (TPSA) is 58.8 Å². The molecule has 1 amide bonds. The zero-order valence-electron chi connectivity index (χ0n) is 17.4. The zero-order chi connectivity index (χ0) is 22.0. The summed E-state index contributed by atoms with van der Waals surface area (Å²) in [5, 5.41) is 0. The van der Waals surface area contributed by atoms with Gasteiger partial charge in [-0.2, -0.15) is 0 Å². The predicted octanol–water partition coefficient (Wildman–Crippen LogP) is 3.78. The minimum atomic E-state index is -0.728. The lowest BCUT2D eigenvalue weighted by atomic mass is 10.1. The average Bonchev–Trinajstić information content (AvgIpc) is 3.10. The first-order valence-corrected chi connectivity index (χ1v) is 9.97. The molecule has 3 aromatic rings. The van der Waals surface area contributed by atoms with Crippen molar-refractivity contribution in [2.45, 2.75) is 20.0 Å². The van der Waals surface area contributed by atoms with E-state index in [0.717, 1.165) is 23.4 Å². The first-order valence-electron chi connectivity index (χ1n) is 9.97. The number of nitrogens with zero attached hydrogens (tertiary/aromatic N) is 3. The highest BCUT2D eigenvalue weighted by Crippen LogP contribution is 2.26. The number of methoxy groups -OCH3 is 1. The van der Waals surface area contributed by atoms with Crippen molar-refractivity contribution >= 4 is 5.91 Å². The molecule has 0 aliphatic carbocycles. The van der Waals surface area contributed by atoms with Gasteiger partial charge in [-0.3, -0.25) is 9.69 Å². The summed E-state index contributed by atoms with van der Waals surface area (Å²) >= 11 is 0. The van der Waals surface area contributed by atoms with Crippen molar-refractivity contribution in [3.05, 3.63) is 71.1 Å². The molecule has 6 nitrogen and oxygen atoms in total. The Kier molecular flexibility index (Phi) is 5.99. The second-order valence-electron chi connectivity index (χ2n) is 7.52. The summed E-state index contributed by atoms with van der Waals surface area (Å²) in [5.74, 6) is 0.0562. The number of piperazine rings is 1. The van der Waals surface area contributed by atoms with Gasteiger partial charge >= 0.3 is 0 Å². The Balaban J connectivity index is 1.40. The maximum Gasteiger partial charge on any atom is 0.237 e. The third-order valence-corrected chi connectivity index (χ3v) is 5.33. The van der Waals surface area contributed by atoms with E-state index in [0.29, 0.717) is 37.6 Å². The third kappa shape index (κ3) is 4.74. The number of aryl methyl sites for hydroxylation is 1. The van der Waals surface area contributed by atoms with Crippen LogP contribution in [0.2, 0.25) is 0 Å². The fourth-order valence-corrected chi connectivity index (χ4v) is 3.62. The number of carbonyl (C=O) groups is 1. The van der Waals surface area contributed by atoms with Crippen molar-refractivity contribution in [3.63, 3.8) is 0 Å². The van der Waals surface area contributed by atoms with Crippen LogP contribution in [0.5, 0.6) is 5.75 Å². The maximum atomic E-state index is 14.0. The fourth-order valence-electron chi connectivity index (χ4n) is 3.62. The van der Waals surface area contributed by atoms with Crippen molar-refractivity contribution in [3.8, 4) is 17.2 Å². The molecule has 2 aromatic carbocycles. The van der Waals surface area contributed by atoms with E-state index in [9.17, 15) is 13.6 Å². The van der Waals surface area contributed by atoms with Gasteiger partial charge in [0.1, 0.15) is 23.1 Å². The normalized spacial score (nSPS) is 14.8. The molecule has 0 unspecified atom stereocenters. The lowest BCUT2D eigenvalue weighted by Crippen LogP contribution is -2.49. The van der Waals surface area contributed by atoms with Crippen LogP contribution in [0.1, 0.15) is 17.0 Å². The smallest absolute Gasteiger partial charge is 0.237 e. The highest BCUT2D eigenvalue weighted by molar-refractivity contribution is 5.79. The van der Waals surface area contributed by atoms with Gasteiger partial charge in [0.2, 0.25) is 11.8 Å². The first kappa shape index (κ1) is 21.0. The lowest BCUT2D eigenvalue weighted by molar-refractivity contribution is -0.136. The van der Waals surface area contributed by atoms with Gasteiger partial charge in [-0.15, -0.1) is 0 Å². The number of halogens is 2. The molecule has 1 aromatic heterocycles. The van der Waals surface area contributed by atoms with Crippen molar-refractivity contribution in [2.24, 2.45) is 0 Å². The largest absolute Gasteiger partial charge is 0.497 e. The quantitative estimate of drug-likeness (QED) is 0.599. The number of hydrogen-bond acceptors (Lipinski definition) is 5. The van der Waals surface area contributed by atoms with E-state index in [1.807, 2.05) is 34.1 Å². The molecule has 2 heterocycles. The second kappa shape index (κ2) is 8.85. The molecule has 0 atom stereocenters. The minimum absolute atomic E-state index is 0.0278. The van der Waals surface area contributed by atoms with Gasteiger partial charge < -0.3 is 14.1 Å². The van der Waals surface area contributed by atoms with Crippen molar-refractivity contribution in [1.82, 2.24) is 14.8 Å². The van der Waals surface area contributed by atoms with Crippen LogP contribution in [0.4, 0.5) is 8.78 Å². The van der Waals surface area contributed by atoms with Crippen LogP contribution in [0.15, 0.2) is 46.9 Å². The molecule has 0 N–H and O–H groups in total. The number of benzene rings is 2. The molecule has 0 saturated carbocycles. The van der Waals surface area contributed by atoms with Crippen LogP contribution >= 0.6 is 0 Å². The SMILES string of the molecule is COc1cccc(CN2CCN(Cc3nc(-c4ccc(F)cc4F)oc3C)CC2=O)c1. The molecule has 1 fully saturated rings. The second-order valence-corrected chi connectivity index (χ2v) is 7.52. The molecule has 0 bridgehead atoms. The highest BCUT2D eigenvalue weighted by Gasteiger charge is 2.26. The van der Waals surface area contributed by atoms with Crippen LogP contribution in [-0.4, -0.2) is 47.4 Å². The summed E-state index contributed by atoms with van der Waals surface area (Å²) in [6.07, 6.45) is 0. The zero-order valence-corrected chi connectivity index (χ0v) is 17.4. The Bertz CT molecular complexity index is 1100. The summed E-state index contributed by atoms with van der Waals surface area (Å²) in [6, 6.07) is 10.9. The van der Waals surface area contributed by atoms with Crippen LogP contribution in [0, 0.1) is 18.6 Å². The van der Waals surface area contributed by atoms with Gasteiger partial charge in [0.25, 0.3) is 0 Å². The predicted molar refractivity (Wildman–Crippen MR) is 110 cm³/mol. The molecule has 0 spiro atoms. The number of rotatable bonds is 6. The third-order valence-electron chi connectivity index (χ3n) is 5.33. The van der Waals surface area contributed by atoms with Gasteiger partial charge in [-0.1, -0.05) is 12.1 Å². The van der Waals surface area contributed by atoms with Crippen LogP contribution < -0.4 is 4.74 Å². The Labute approximate surface area is 179 Å². The van der Waals surface area contributed by atoms with Gasteiger partial charge in [0.15, 0.2) is 0 Å². The lowest BCUT2D eigenvalue weighted by Gasteiger charge is -2.34. The van der Waals surface area contributed by atoms with Crippen LogP contribution in [-0.2, 0) is 17.9 Å². The molecule has 4 rings (SSSR count). The van der Waals surface area contributed by atoms with E-state index in [1.54, 1.807) is 14.0 Å². The molecule has 1 aliphatic rings. The Hall–Kier alpha value is -3.26. The first-order chi connectivity index (χ1) is 14.9. The summed E-state index contributed by atoms with van der Waals surface area (Å²) in [7, 11) is 1.62. The van der Waals surface area contributed by atoms with E-state index in [4.69, 9.17) is 9.15 Å². The fraction of sp³-hybridized carbons (Fsp3) is 0.304. The van der Waals surface area contributed by atoms with Crippen molar-refractivity contribution in [1.29, 1.82) is 0 Å². The van der Waals surface area contributed by atoms with Crippen molar-refractivity contribution in [2.75, 3.05) is 26.7 Å². The monoisotopic (exact) mass is 427 g/mol. The van der Waals surface area contributed by atoms with E-state index >= 15 is 0 Å². The Morgan fingerprint density at radius 3 is 2.71 bits per heavy atom. The van der Waals surface area contributed by atoms with Crippen LogP contribution in [0.3, 0.4) is 0 Å². The van der Waals surface area contributed by atoms with Crippen molar-refractivity contribution < 1.29 is 22.7 Å². The number of oxazole rings is 1. The number of carbonyl (C=O) groups excluding carboxylic acids is 1. The molecule has 1 aliphatic heterocycles. The number of amides is 1. The number of aromatic nitrogens is 1. The summed E-state index contributed by atoms with van der Waals surface area (Å²) in [5.41, 5.74) is 1.75. The Morgan fingerprint density at radius 2 is 1.97 bits per heavy atom. The molecule has 8 heteroatoms. The van der Waals surface area contributed by atoms with Gasteiger partial charge in [-0.05, 0) is 36.8 Å². The van der Waals surface area contributed by atoms with E-state index in [2.05, 4.69) is 4.98 Å². The van der Waals surface area contributed by atoms with Gasteiger partial charge in [-0.25, -0.2) is 13.8 Å². The van der Waals surface area contributed by atoms with E-state index in [-0.39, 0.29) is 23.9 Å².